The quantitative estimate of drug-likeness (QED) is 0.219. The lowest BCUT2D eigenvalue weighted by Gasteiger charge is -2.17. The minimum atomic E-state index is 0.0233. The van der Waals surface area contributed by atoms with Gasteiger partial charge >= 0.3 is 0 Å². The zero-order valence-electron chi connectivity index (χ0n) is 24.0. The molecule has 1 fully saturated rings. The van der Waals surface area contributed by atoms with Gasteiger partial charge in [-0.05, 0) is 66.3 Å². The fourth-order valence-electron chi connectivity index (χ4n) is 5.03. The number of nitrogens with two attached hydrogens (primary N) is 1. The minimum Gasteiger partial charge on any atom is -0.488 e. The minimum absolute atomic E-state index is 0.0233. The molecule has 0 saturated carbocycles. The van der Waals surface area contributed by atoms with E-state index in [2.05, 4.69) is 24.0 Å². The van der Waals surface area contributed by atoms with Crippen LogP contribution in [0.1, 0.15) is 40.7 Å². The van der Waals surface area contributed by atoms with Crippen molar-refractivity contribution in [2.75, 3.05) is 19.7 Å². The molecule has 220 valence electrons. The van der Waals surface area contributed by atoms with Crippen LogP contribution in [0.4, 0.5) is 0 Å². The first-order valence-corrected chi connectivity index (χ1v) is 14.5. The van der Waals surface area contributed by atoms with Crippen molar-refractivity contribution in [1.29, 1.82) is 5.26 Å². The summed E-state index contributed by atoms with van der Waals surface area (Å²) >= 11 is 6.56. The molecule has 2 heterocycles. The molecule has 1 aliphatic heterocycles. The molecule has 1 saturated heterocycles. The van der Waals surface area contributed by atoms with Gasteiger partial charge in [-0.25, -0.2) is 0 Å². The molecule has 0 spiro atoms. The van der Waals surface area contributed by atoms with E-state index in [4.69, 9.17) is 36.8 Å². The highest BCUT2D eigenvalue weighted by Gasteiger charge is 2.18. The van der Waals surface area contributed by atoms with Crippen molar-refractivity contribution in [2.45, 2.75) is 39.5 Å². The van der Waals surface area contributed by atoms with Gasteiger partial charge in [-0.15, -0.1) is 0 Å². The van der Waals surface area contributed by atoms with Crippen LogP contribution in [0.15, 0.2) is 73.1 Å². The number of benzene rings is 3. The maximum absolute atomic E-state index is 12.4. The molecule has 0 bridgehead atoms. The van der Waals surface area contributed by atoms with Gasteiger partial charge in [-0.1, -0.05) is 41.9 Å². The Morgan fingerprint density at radius 2 is 1.77 bits per heavy atom. The molecule has 4 aromatic rings. The standard InChI is InChI=1S/C34H33ClN4O4/c1-23-27(7-5-9-30(23)26-6-4-8-29(13-26)41-22-34(40)39-10-2-3-11-39)21-43-33-15-32(28(17-37)14-31(33)35)42-20-25-12-24(16-36)18-38-19-25/h4-9,12-15,18-19H,2-3,10-11,17,20-22,37H2,1H3. The van der Waals surface area contributed by atoms with E-state index >= 15 is 0 Å². The van der Waals surface area contributed by atoms with Gasteiger partial charge in [-0.2, -0.15) is 5.26 Å². The van der Waals surface area contributed by atoms with Crippen LogP contribution in [0.25, 0.3) is 11.1 Å². The number of hydrogen-bond donors (Lipinski definition) is 1. The summed E-state index contributed by atoms with van der Waals surface area (Å²) < 4.78 is 18.1. The summed E-state index contributed by atoms with van der Waals surface area (Å²) in [6, 6.07) is 21.1. The Hall–Kier alpha value is -4.58. The zero-order chi connectivity index (χ0) is 30.2. The number of nitriles is 1. The van der Waals surface area contributed by atoms with Gasteiger partial charge in [0.25, 0.3) is 5.91 Å². The number of aromatic nitrogens is 1. The van der Waals surface area contributed by atoms with Gasteiger partial charge in [0.2, 0.25) is 0 Å². The third kappa shape index (κ3) is 7.44. The number of ether oxygens (including phenoxy) is 3. The summed E-state index contributed by atoms with van der Waals surface area (Å²) in [6.45, 7) is 4.44. The van der Waals surface area contributed by atoms with Crippen LogP contribution in [-0.2, 0) is 24.6 Å². The number of nitrogens with zero attached hydrogens (tertiary/aromatic N) is 3. The monoisotopic (exact) mass is 596 g/mol. The molecule has 0 radical (unpaired) electrons. The highest BCUT2D eigenvalue weighted by atomic mass is 35.5. The summed E-state index contributed by atoms with van der Waals surface area (Å²) in [5.41, 5.74) is 12.0. The molecule has 0 aliphatic carbocycles. The summed E-state index contributed by atoms with van der Waals surface area (Å²) in [4.78, 5) is 18.4. The number of amides is 1. The van der Waals surface area contributed by atoms with Crippen molar-refractivity contribution in [2.24, 2.45) is 5.73 Å². The third-order valence-electron chi connectivity index (χ3n) is 7.45. The van der Waals surface area contributed by atoms with E-state index in [1.807, 2.05) is 41.3 Å². The van der Waals surface area contributed by atoms with Gasteiger partial charge in [0.15, 0.2) is 6.61 Å². The molecule has 1 aromatic heterocycles. The Labute approximate surface area is 256 Å². The smallest absolute Gasteiger partial charge is 0.260 e. The molecular formula is C34H33ClN4O4. The van der Waals surface area contributed by atoms with E-state index in [0.29, 0.717) is 27.8 Å². The Kier molecular flexibility index (Phi) is 9.77. The molecule has 8 nitrogen and oxygen atoms in total. The van der Waals surface area contributed by atoms with Crippen LogP contribution in [0.2, 0.25) is 5.02 Å². The molecule has 43 heavy (non-hydrogen) atoms. The fourth-order valence-corrected chi connectivity index (χ4v) is 5.27. The summed E-state index contributed by atoms with van der Waals surface area (Å²) in [5.74, 6) is 1.70. The fraction of sp³-hybridized carbons (Fsp3) is 0.265. The van der Waals surface area contributed by atoms with E-state index < -0.39 is 0 Å². The van der Waals surface area contributed by atoms with E-state index in [1.165, 1.54) is 6.20 Å². The van der Waals surface area contributed by atoms with E-state index in [-0.39, 0.29) is 32.3 Å². The summed E-state index contributed by atoms with van der Waals surface area (Å²) in [5, 5.41) is 9.57. The second-order valence-electron chi connectivity index (χ2n) is 10.4. The Morgan fingerprint density at radius 3 is 2.56 bits per heavy atom. The van der Waals surface area contributed by atoms with Crippen LogP contribution >= 0.6 is 11.6 Å². The number of likely N-dealkylation sites (tertiary alicyclic amines) is 1. The van der Waals surface area contributed by atoms with Gasteiger partial charge in [0.05, 0.1) is 10.6 Å². The Bertz CT molecular complexity index is 1650. The van der Waals surface area contributed by atoms with Crippen LogP contribution in [0.3, 0.4) is 0 Å². The predicted octanol–water partition coefficient (Wildman–Crippen LogP) is 6.20. The normalized spacial score (nSPS) is 12.6. The molecule has 1 aliphatic rings. The van der Waals surface area contributed by atoms with Crippen LogP contribution < -0.4 is 19.9 Å². The lowest BCUT2D eigenvalue weighted by molar-refractivity contribution is -0.132. The lowest BCUT2D eigenvalue weighted by Crippen LogP contribution is -2.32. The molecular weight excluding hydrogens is 564 g/mol. The van der Waals surface area contributed by atoms with Crippen LogP contribution in [-0.4, -0.2) is 35.5 Å². The van der Waals surface area contributed by atoms with Crippen molar-refractivity contribution in [3.05, 3.63) is 106 Å². The summed E-state index contributed by atoms with van der Waals surface area (Å²) in [7, 11) is 0. The average molecular weight is 597 g/mol. The van der Waals surface area contributed by atoms with Gasteiger partial charge in [0.1, 0.15) is 36.5 Å². The number of hydrogen-bond acceptors (Lipinski definition) is 7. The topological polar surface area (TPSA) is 111 Å². The first-order chi connectivity index (χ1) is 20.9. The highest BCUT2D eigenvalue weighted by molar-refractivity contribution is 6.32. The predicted molar refractivity (Wildman–Crippen MR) is 165 cm³/mol. The third-order valence-corrected chi connectivity index (χ3v) is 7.74. The number of carbonyl (C=O) groups is 1. The zero-order valence-corrected chi connectivity index (χ0v) is 24.8. The van der Waals surface area contributed by atoms with Crippen molar-refractivity contribution in [1.82, 2.24) is 9.88 Å². The highest BCUT2D eigenvalue weighted by Crippen LogP contribution is 2.35. The molecule has 1 amide bonds. The summed E-state index contributed by atoms with van der Waals surface area (Å²) in [6.07, 6.45) is 5.26. The SMILES string of the molecule is Cc1c(COc2cc(OCc3cncc(C#N)c3)c(CN)cc2Cl)cccc1-c1cccc(OCC(=O)N2CCCC2)c1. The van der Waals surface area contributed by atoms with E-state index in [9.17, 15) is 4.79 Å². The maximum Gasteiger partial charge on any atom is 0.260 e. The first-order valence-electron chi connectivity index (χ1n) is 14.2. The second kappa shape index (κ2) is 14.1. The van der Waals surface area contributed by atoms with Gasteiger partial charge in [0, 0.05) is 49.2 Å². The van der Waals surface area contributed by atoms with Crippen LogP contribution in [0, 0.1) is 18.3 Å². The van der Waals surface area contributed by atoms with Crippen molar-refractivity contribution < 1.29 is 19.0 Å². The molecule has 5 rings (SSSR count). The van der Waals surface area contributed by atoms with Gasteiger partial charge < -0.3 is 24.8 Å². The Balaban J connectivity index is 1.28. The number of rotatable bonds is 11. The number of carbonyl (C=O) groups excluding carboxylic acids is 1. The van der Waals surface area contributed by atoms with Crippen LogP contribution in [0.5, 0.6) is 17.2 Å². The molecule has 3 aromatic carbocycles. The maximum atomic E-state index is 12.4. The number of pyridine rings is 1. The average Bonchev–Trinajstić information content (AvgIpc) is 3.58. The molecule has 2 N–H and O–H groups in total. The van der Waals surface area contributed by atoms with Crippen molar-refractivity contribution >= 4 is 17.5 Å². The largest absolute Gasteiger partial charge is 0.488 e. The number of halogens is 1. The van der Waals surface area contributed by atoms with E-state index in [0.717, 1.165) is 59.3 Å². The molecule has 0 unspecified atom stereocenters. The molecule has 0 atom stereocenters. The first kappa shape index (κ1) is 29.9. The molecule has 9 heteroatoms. The lowest BCUT2D eigenvalue weighted by atomic mass is 9.96. The van der Waals surface area contributed by atoms with E-state index in [1.54, 1.807) is 24.4 Å². The van der Waals surface area contributed by atoms with Crippen molar-refractivity contribution in [3.63, 3.8) is 0 Å². The van der Waals surface area contributed by atoms with Crippen molar-refractivity contribution in [3.8, 4) is 34.4 Å². The van der Waals surface area contributed by atoms with Gasteiger partial charge in [-0.3, -0.25) is 9.78 Å². The Morgan fingerprint density at radius 1 is 0.977 bits per heavy atom. The second-order valence-corrected chi connectivity index (χ2v) is 10.8.